The van der Waals surface area contributed by atoms with E-state index >= 15 is 0 Å². The Morgan fingerprint density at radius 1 is 1.23 bits per heavy atom. The van der Waals surface area contributed by atoms with E-state index in [-0.39, 0.29) is 23.9 Å². The highest BCUT2D eigenvalue weighted by molar-refractivity contribution is 5.82. The lowest BCUT2D eigenvalue weighted by atomic mass is 9.82. The summed E-state index contributed by atoms with van der Waals surface area (Å²) in [5.74, 6) is -0.366. The minimum atomic E-state index is -4.37. The van der Waals surface area contributed by atoms with Gasteiger partial charge in [-0.1, -0.05) is 19.8 Å². The number of carbonyl (C=O) groups excluding carboxylic acids is 1. The Labute approximate surface area is 176 Å². The molecule has 1 aromatic carbocycles. The summed E-state index contributed by atoms with van der Waals surface area (Å²) in [4.78, 5) is 17.9. The van der Waals surface area contributed by atoms with Crippen molar-refractivity contribution in [3.8, 4) is 0 Å². The fourth-order valence-corrected chi connectivity index (χ4v) is 5.37. The van der Waals surface area contributed by atoms with Crippen molar-refractivity contribution >= 4 is 11.6 Å². The molecule has 0 bridgehead atoms. The molecule has 1 aromatic rings. The number of amides is 1. The van der Waals surface area contributed by atoms with Gasteiger partial charge in [-0.25, -0.2) is 0 Å². The van der Waals surface area contributed by atoms with Crippen LogP contribution in [0.25, 0.3) is 0 Å². The highest BCUT2D eigenvalue weighted by Gasteiger charge is 2.44. The van der Waals surface area contributed by atoms with Crippen molar-refractivity contribution in [2.75, 3.05) is 24.5 Å². The van der Waals surface area contributed by atoms with Gasteiger partial charge >= 0.3 is 6.18 Å². The van der Waals surface area contributed by atoms with Crippen LogP contribution in [-0.4, -0.2) is 48.6 Å². The molecular formula is C23H32F3N3O. The van der Waals surface area contributed by atoms with Gasteiger partial charge in [0.1, 0.15) is 0 Å². The first-order valence-corrected chi connectivity index (χ1v) is 11.3. The number of nitrogens with zero attached hydrogens (tertiary/aromatic N) is 2. The van der Waals surface area contributed by atoms with E-state index in [0.29, 0.717) is 18.0 Å². The average Bonchev–Trinajstić information content (AvgIpc) is 3.26. The predicted octanol–water partition coefficient (Wildman–Crippen LogP) is 4.23. The van der Waals surface area contributed by atoms with Crippen molar-refractivity contribution in [1.82, 2.24) is 10.2 Å². The van der Waals surface area contributed by atoms with Crippen LogP contribution in [0.4, 0.5) is 18.9 Å². The summed E-state index contributed by atoms with van der Waals surface area (Å²) in [6.07, 6.45) is 1.76. The monoisotopic (exact) mass is 423 g/mol. The summed E-state index contributed by atoms with van der Waals surface area (Å²) in [6, 6.07) is 4.69. The Balaban J connectivity index is 1.64. The third-order valence-corrected chi connectivity index (χ3v) is 7.25. The Morgan fingerprint density at radius 3 is 2.63 bits per heavy atom. The van der Waals surface area contributed by atoms with E-state index in [2.05, 4.69) is 15.1 Å². The molecule has 1 N–H and O–H groups in total. The van der Waals surface area contributed by atoms with E-state index in [1.54, 1.807) is 6.07 Å². The van der Waals surface area contributed by atoms with Crippen LogP contribution in [0.2, 0.25) is 0 Å². The van der Waals surface area contributed by atoms with Gasteiger partial charge in [0.05, 0.1) is 17.5 Å². The van der Waals surface area contributed by atoms with Crippen LogP contribution in [0, 0.1) is 5.92 Å². The number of hydrogen-bond donors (Lipinski definition) is 1. The van der Waals surface area contributed by atoms with Crippen LogP contribution < -0.4 is 10.2 Å². The van der Waals surface area contributed by atoms with Crippen molar-refractivity contribution in [1.29, 1.82) is 0 Å². The highest BCUT2D eigenvalue weighted by Crippen LogP contribution is 2.40. The third kappa shape index (κ3) is 4.18. The van der Waals surface area contributed by atoms with Crippen molar-refractivity contribution in [2.24, 2.45) is 5.92 Å². The second-order valence-electron chi connectivity index (χ2n) is 9.16. The molecule has 3 unspecified atom stereocenters. The zero-order valence-corrected chi connectivity index (χ0v) is 17.8. The van der Waals surface area contributed by atoms with Gasteiger partial charge in [0, 0.05) is 37.4 Å². The number of hydrogen-bond acceptors (Lipinski definition) is 3. The summed E-state index contributed by atoms with van der Waals surface area (Å²) >= 11 is 0. The second kappa shape index (κ2) is 8.40. The molecule has 2 aliphatic heterocycles. The second-order valence-corrected chi connectivity index (χ2v) is 9.16. The average molecular weight is 424 g/mol. The van der Waals surface area contributed by atoms with Gasteiger partial charge in [-0.05, 0) is 56.4 Å². The molecule has 1 amide bonds. The van der Waals surface area contributed by atoms with Crippen molar-refractivity contribution in [2.45, 2.75) is 76.7 Å². The van der Waals surface area contributed by atoms with Crippen LogP contribution in [0.15, 0.2) is 18.2 Å². The normalized spacial score (nSPS) is 26.2. The standard InChI is InChI=1S/C23H32F3N3O/c1-3-15(2)27-22(30)19-13-16-12-17(23(24,25)26)8-9-20(16)29-11-10-28(14-21(19)29)18-6-4-5-7-18/h8-9,12,15,18-19,21H,3-7,10-11,13-14H2,1-2H3,(H,27,30). The Morgan fingerprint density at radius 2 is 1.97 bits per heavy atom. The molecule has 0 spiro atoms. The molecular weight excluding hydrogens is 391 g/mol. The van der Waals surface area contributed by atoms with E-state index in [9.17, 15) is 18.0 Å². The first-order valence-electron chi connectivity index (χ1n) is 11.3. The maximum atomic E-state index is 13.3. The molecule has 3 atom stereocenters. The van der Waals surface area contributed by atoms with Crippen molar-refractivity contribution < 1.29 is 18.0 Å². The molecule has 4 rings (SSSR count). The molecule has 30 heavy (non-hydrogen) atoms. The summed E-state index contributed by atoms with van der Waals surface area (Å²) < 4.78 is 39.9. The van der Waals surface area contributed by atoms with Gasteiger partial charge in [-0.3, -0.25) is 9.69 Å². The molecule has 3 aliphatic rings. The molecule has 1 saturated heterocycles. The molecule has 1 aliphatic carbocycles. The molecule has 166 valence electrons. The number of piperazine rings is 1. The zero-order chi connectivity index (χ0) is 21.5. The number of carbonyl (C=O) groups is 1. The molecule has 1 saturated carbocycles. The lowest BCUT2D eigenvalue weighted by Crippen LogP contribution is -2.62. The van der Waals surface area contributed by atoms with E-state index in [1.165, 1.54) is 37.8 Å². The number of benzene rings is 1. The summed E-state index contributed by atoms with van der Waals surface area (Å²) in [7, 11) is 0. The van der Waals surface area contributed by atoms with Gasteiger partial charge in [-0.15, -0.1) is 0 Å². The third-order valence-electron chi connectivity index (χ3n) is 7.25. The van der Waals surface area contributed by atoms with Crippen molar-refractivity contribution in [3.05, 3.63) is 29.3 Å². The van der Waals surface area contributed by atoms with Crippen LogP contribution in [0.5, 0.6) is 0 Å². The Bertz CT molecular complexity index is 775. The molecule has 7 heteroatoms. The van der Waals surface area contributed by atoms with E-state index in [4.69, 9.17) is 0 Å². The largest absolute Gasteiger partial charge is 0.416 e. The van der Waals surface area contributed by atoms with Gasteiger partial charge in [0.15, 0.2) is 0 Å². The Hall–Kier alpha value is -1.76. The maximum Gasteiger partial charge on any atom is 0.416 e. The quantitative estimate of drug-likeness (QED) is 0.788. The molecule has 4 nitrogen and oxygen atoms in total. The molecule has 2 fully saturated rings. The minimum absolute atomic E-state index is 0.00708. The summed E-state index contributed by atoms with van der Waals surface area (Å²) in [5.41, 5.74) is 0.872. The summed E-state index contributed by atoms with van der Waals surface area (Å²) in [6.45, 7) is 6.46. The van der Waals surface area contributed by atoms with Crippen LogP contribution >= 0.6 is 0 Å². The molecule has 2 heterocycles. The van der Waals surface area contributed by atoms with Crippen molar-refractivity contribution in [3.63, 3.8) is 0 Å². The predicted molar refractivity (Wildman–Crippen MR) is 111 cm³/mol. The molecule has 0 radical (unpaired) electrons. The first kappa shape index (κ1) is 21.5. The van der Waals surface area contributed by atoms with Crippen LogP contribution in [0.3, 0.4) is 0 Å². The fraction of sp³-hybridized carbons (Fsp3) is 0.696. The number of halogens is 3. The lowest BCUT2D eigenvalue weighted by molar-refractivity contribution is -0.137. The lowest BCUT2D eigenvalue weighted by Gasteiger charge is -2.50. The van der Waals surface area contributed by atoms with Gasteiger partial charge in [-0.2, -0.15) is 13.2 Å². The number of alkyl halides is 3. The number of rotatable bonds is 4. The number of fused-ring (bicyclic) bond motifs is 3. The van der Waals surface area contributed by atoms with Crippen LogP contribution in [-0.2, 0) is 17.4 Å². The maximum absolute atomic E-state index is 13.3. The SMILES string of the molecule is CCC(C)NC(=O)C1Cc2cc(C(F)(F)F)ccc2N2CCN(C3CCCC3)CC12. The molecule has 0 aromatic heterocycles. The highest BCUT2D eigenvalue weighted by atomic mass is 19.4. The van der Waals surface area contributed by atoms with Gasteiger partial charge in [0.2, 0.25) is 5.91 Å². The topological polar surface area (TPSA) is 35.6 Å². The number of nitrogens with one attached hydrogen (secondary N) is 1. The first-order chi connectivity index (χ1) is 14.3. The smallest absolute Gasteiger partial charge is 0.365 e. The van der Waals surface area contributed by atoms with Gasteiger partial charge in [0.25, 0.3) is 0 Å². The minimum Gasteiger partial charge on any atom is -0.365 e. The van der Waals surface area contributed by atoms with E-state index in [1.807, 2.05) is 13.8 Å². The summed E-state index contributed by atoms with van der Waals surface area (Å²) in [5, 5.41) is 3.09. The van der Waals surface area contributed by atoms with Gasteiger partial charge < -0.3 is 10.2 Å². The Kier molecular flexibility index (Phi) is 6.02. The number of anilines is 1. The van der Waals surface area contributed by atoms with Crippen LogP contribution in [0.1, 0.15) is 57.1 Å². The van der Waals surface area contributed by atoms with E-state index < -0.39 is 11.7 Å². The zero-order valence-electron chi connectivity index (χ0n) is 17.8. The van der Waals surface area contributed by atoms with E-state index in [0.717, 1.165) is 31.7 Å². The fourth-order valence-electron chi connectivity index (χ4n) is 5.37.